The summed E-state index contributed by atoms with van der Waals surface area (Å²) in [6.07, 6.45) is 0. The van der Waals surface area contributed by atoms with Crippen molar-refractivity contribution >= 4 is 29.9 Å². The van der Waals surface area contributed by atoms with E-state index in [-0.39, 0.29) is 24.0 Å². The van der Waals surface area contributed by atoms with Gasteiger partial charge < -0.3 is 10.6 Å². The molecule has 25 heavy (non-hydrogen) atoms. The highest BCUT2D eigenvalue weighted by atomic mass is 127. The molecule has 2 N–H and O–H groups in total. The fourth-order valence-electron chi connectivity index (χ4n) is 2.31. The Kier molecular flexibility index (Phi) is 8.92. The second-order valence-corrected chi connectivity index (χ2v) is 5.54. The van der Waals surface area contributed by atoms with Gasteiger partial charge in [0.1, 0.15) is 5.82 Å². The molecule has 0 heterocycles. The lowest BCUT2D eigenvalue weighted by Crippen LogP contribution is -2.38. The second kappa shape index (κ2) is 10.7. The minimum Gasteiger partial charge on any atom is -0.356 e. The maximum atomic E-state index is 13.9. The molecule has 0 bridgehead atoms. The number of nitrogens with one attached hydrogen (secondary N) is 2. The molecule has 0 spiro atoms. The zero-order valence-electron chi connectivity index (χ0n) is 14.3. The van der Waals surface area contributed by atoms with E-state index in [9.17, 15) is 4.39 Å². The van der Waals surface area contributed by atoms with Crippen LogP contribution in [0.5, 0.6) is 0 Å². The predicted molar refractivity (Wildman–Crippen MR) is 110 cm³/mol. The highest BCUT2D eigenvalue weighted by Gasteiger charge is 2.08. The van der Waals surface area contributed by atoms with Gasteiger partial charge in [0.05, 0.1) is 11.6 Å². The largest absolute Gasteiger partial charge is 0.356 e. The first kappa shape index (κ1) is 20.9. The van der Waals surface area contributed by atoms with Crippen LogP contribution < -0.4 is 10.6 Å². The lowest BCUT2D eigenvalue weighted by molar-refractivity contribution is 0.603. The highest BCUT2D eigenvalue weighted by molar-refractivity contribution is 14.0. The van der Waals surface area contributed by atoms with Crippen molar-refractivity contribution in [3.63, 3.8) is 0 Å². The zero-order valence-corrected chi connectivity index (χ0v) is 16.6. The number of nitrogens with zero attached hydrogens (tertiary/aromatic N) is 2. The van der Waals surface area contributed by atoms with E-state index < -0.39 is 5.82 Å². The van der Waals surface area contributed by atoms with Gasteiger partial charge in [-0.05, 0) is 23.6 Å². The SMILES string of the molecule is CN=C(NCc1ccc(C#N)cc1F)NCC(C)c1ccccc1.I. The van der Waals surface area contributed by atoms with Crippen LogP contribution in [0.25, 0.3) is 0 Å². The molecule has 2 rings (SSSR count). The molecule has 0 saturated carbocycles. The van der Waals surface area contributed by atoms with Gasteiger partial charge in [-0.15, -0.1) is 24.0 Å². The number of hydrogen-bond donors (Lipinski definition) is 2. The van der Waals surface area contributed by atoms with E-state index in [2.05, 4.69) is 34.7 Å². The van der Waals surface area contributed by atoms with Crippen LogP contribution in [0.3, 0.4) is 0 Å². The van der Waals surface area contributed by atoms with Crippen molar-refractivity contribution in [2.75, 3.05) is 13.6 Å². The summed E-state index contributed by atoms with van der Waals surface area (Å²) >= 11 is 0. The molecule has 0 aromatic heterocycles. The second-order valence-electron chi connectivity index (χ2n) is 5.54. The van der Waals surface area contributed by atoms with Crippen LogP contribution in [0.15, 0.2) is 53.5 Å². The monoisotopic (exact) mass is 452 g/mol. The summed E-state index contributed by atoms with van der Waals surface area (Å²) in [5, 5.41) is 15.1. The third-order valence-corrected chi connectivity index (χ3v) is 3.80. The smallest absolute Gasteiger partial charge is 0.191 e. The molecule has 1 atom stereocenters. The molecule has 0 aliphatic heterocycles. The average Bonchev–Trinajstić information content (AvgIpc) is 2.63. The molecular weight excluding hydrogens is 430 g/mol. The molecule has 132 valence electrons. The van der Waals surface area contributed by atoms with E-state index in [0.717, 1.165) is 6.54 Å². The van der Waals surface area contributed by atoms with E-state index in [1.54, 1.807) is 19.2 Å². The molecule has 6 heteroatoms. The molecule has 0 amide bonds. The van der Waals surface area contributed by atoms with Crippen molar-refractivity contribution in [3.8, 4) is 6.07 Å². The van der Waals surface area contributed by atoms with E-state index in [4.69, 9.17) is 5.26 Å². The minimum atomic E-state index is -0.394. The molecule has 2 aromatic carbocycles. The van der Waals surface area contributed by atoms with Gasteiger partial charge in [-0.1, -0.05) is 43.3 Å². The van der Waals surface area contributed by atoms with Gasteiger partial charge in [-0.25, -0.2) is 4.39 Å². The molecule has 0 aliphatic carbocycles. The lowest BCUT2D eigenvalue weighted by atomic mass is 10.0. The standard InChI is InChI=1S/C19H21FN4.HI/c1-14(16-6-4-3-5-7-16)12-23-19(22-2)24-13-17-9-8-15(11-21)10-18(17)20;/h3-10,14H,12-13H2,1-2H3,(H2,22,23,24);1H. The van der Waals surface area contributed by atoms with Crippen LogP contribution in [-0.2, 0) is 6.54 Å². The Bertz CT molecular complexity index is 741. The first-order valence-corrected chi connectivity index (χ1v) is 7.82. The number of nitriles is 1. The Balaban J connectivity index is 0.00000312. The van der Waals surface area contributed by atoms with Gasteiger partial charge in [0, 0.05) is 25.7 Å². The van der Waals surface area contributed by atoms with Crippen LogP contribution in [0.1, 0.15) is 29.5 Å². The fraction of sp³-hybridized carbons (Fsp3) is 0.263. The Hall–Kier alpha value is -2.14. The summed E-state index contributed by atoms with van der Waals surface area (Å²) in [4.78, 5) is 4.15. The van der Waals surface area contributed by atoms with Crippen molar-refractivity contribution in [2.45, 2.75) is 19.4 Å². The van der Waals surface area contributed by atoms with E-state index in [0.29, 0.717) is 29.5 Å². The van der Waals surface area contributed by atoms with Gasteiger partial charge >= 0.3 is 0 Å². The molecule has 0 fully saturated rings. The maximum Gasteiger partial charge on any atom is 0.191 e. The summed E-state index contributed by atoms with van der Waals surface area (Å²) in [5.41, 5.74) is 2.06. The van der Waals surface area contributed by atoms with Gasteiger partial charge in [0.2, 0.25) is 0 Å². The highest BCUT2D eigenvalue weighted by Crippen LogP contribution is 2.13. The normalized spacial score (nSPS) is 11.8. The van der Waals surface area contributed by atoms with Crippen LogP contribution in [0.2, 0.25) is 0 Å². The van der Waals surface area contributed by atoms with Gasteiger partial charge in [-0.2, -0.15) is 5.26 Å². The van der Waals surface area contributed by atoms with Crippen LogP contribution in [-0.4, -0.2) is 19.6 Å². The number of aliphatic imine (C=N–C) groups is 1. The molecule has 1 unspecified atom stereocenters. The Morgan fingerprint density at radius 1 is 1.20 bits per heavy atom. The average molecular weight is 452 g/mol. The predicted octanol–water partition coefficient (Wildman–Crippen LogP) is 3.78. The first-order valence-electron chi connectivity index (χ1n) is 7.82. The van der Waals surface area contributed by atoms with Crippen molar-refractivity contribution < 1.29 is 4.39 Å². The molecule has 0 radical (unpaired) electrons. The molecule has 2 aromatic rings. The first-order chi connectivity index (χ1) is 11.6. The Labute approximate surface area is 165 Å². The Morgan fingerprint density at radius 3 is 2.52 bits per heavy atom. The summed E-state index contributed by atoms with van der Waals surface area (Å²) in [6.45, 7) is 3.16. The van der Waals surface area contributed by atoms with Crippen molar-refractivity contribution in [1.82, 2.24) is 10.6 Å². The van der Waals surface area contributed by atoms with E-state index in [1.165, 1.54) is 11.6 Å². The summed E-state index contributed by atoms with van der Waals surface area (Å²) in [5.74, 6) is 0.549. The van der Waals surface area contributed by atoms with Crippen LogP contribution in [0, 0.1) is 17.1 Å². The van der Waals surface area contributed by atoms with Crippen molar-refractivity contribution in [3.05, 3.63) is 71.0 Å². The molecular formula is C19H22FIN4. The molecule has 0 aliphatic rings. The number of guanidine groups is 1. The molecule has 0 saturated heterocycles. The van der Waals surface area contributed by atoms with Gasteiger partial charge in [0.15, 0.2) is 5.96 Å². The van der Waals surface area contributed by atoms with E-state index in [1.807, 2.05) is 24.3 Å². The quantitative estimate of drug-likeness (QED) is 0.413. The van der Waals surface area contributed by atoms with Crippen LogP contribution in [0.4, 0.5) is 4.39 Å². The summed E-state index contributed by atoms with van der Waals surface area (Å²) in [6, 6.07) is 16.6. The van der Waals surface area contributed by atoms with Crippen molar-refractivity contribution in [1.29, 1.82) is 5.26 Å². The topological polar surface area (TPSA) is 60.2 Å². The Morgan fingerprint density at radius 2 is 1.92 bits per heavy atom. The zero-order chi connectivity index (χ0) is 17.4. The van der Waals surface area contributed by atoms with Gasteiger partial charge in [0.25, 0.3) is 0 Å². The number of halogens is 2. The van der Waals surface area contributed by atoms with Crippen molar-refractivity contribution in [2.24, 2.45) is 4.99 Å². The van der Waals surface area contributed by atoms with Crippen LogP contribution >= 0.6 is 24.0 Å². The fourth-order valence-corrected chi connectivity index (χ4v) is 2.31. The number of rotatable bonds is 5. The number of benzene rings is 2. The van der Waals surface area contributed by atoms with E-state index >= 15 is 0 Å². The lowest BCUT2D eigenvalue weighted by Gasteiger charge is -2.16. The number of hydrogen-bond acceptors (Lipinski definition) is 2. The third-order valence-electron chi connectivity index (χ3n) is 3.80. The maximum absolute atomic E-state index is 13.9. The minimum absolute atomic E-state index is 0. The summed E-state index contributed by atoms with van der Waals surface area (Å²) < 4.78 is 13.9. The van der Waals surface area contributed by atoms with Gasteiger partial charge in [-0.3, -0.25) is 4.99 Å². The molecule has 4 nitrogen and oxygen atoms in total. The third kappa shape index (κ3) is 6.35. The summed E-state index contributed by atoms with van der Waals surface area (Å²) in [7, 11) is 1.68.